The van der Waals surface area contributed by atoms with Crippen molar-refractivity contribution in [3.8, 4) is 23.0 Å². The van der Waals surface area contributed by atoms with Gasteiger partial charge in [-0.25, -0.2) is 9.37 Å². The van der Waals surface area contributed by atoms with E-state index in [1.54, 1.807) is 6.07 Å². The average molecular weight is 375 g/mol. The van der Waals surface area contributed by atoms with Crippen LogP contribution in [0.1, 0.15) is 25.1 Å². The predicted molar refractivity (Wildman–Crippen MR) is 108 cm³/mol. The molecule has 0 bridgehead atoms. The number of pyridine rings is 2. The molecule has 0 spiro atoms. The smallest absolute Gasteiger partial charge is 0.272 e. The van der Waals surface area contributed by atoms with Crippen molar-refractivity contribution in [1.82, 2.24) is 20.2 Å². The molecule has 0 atom stereocenters. The van der Waals surface area contributed by atoms with E-state index in [0.29, 0.717) is 33.2 Å². The number of anilines is 1. The molecule has 3 aromatic heterocycles. The minimum atomic E-state index is -0.434. The quantitative estimate of drug-likeness (QED) is 0.443. The monoisotopic (exact) mass is 375 g/mol. The van der Waals surface area contributed by atoms with Crippen LogP contribution in [-0.2, 0) is 0 Å². The fourth-order valence-electron chi connectivity index (χ4n) is 3.16. The topological polar surface area (TPSA) is 100 Å². The standard InChI is InChI=1S/C21H18FN5O/c1-10(2)4-7-15-11(3)8-16-20(25-15)17(18(23)21(28)26-16)12-5-6-14(22)19-13(12)9-24-27-19/h5-6,8-10H,23H2,1-3H3,(H,24,27)(H,26,28). The van der Waals surface area contributed by atoms with Gasteiger partial charge in [0.05, 0.1) is 17.2 Å². The van der Waals surface area contributed by atoms with Crippen molar-refractivity contribution in [2.45, 2.75) is 20.8 Å². The molecule has 0 saturated heterocycles. The molecule has 1 aromatic carbocycles. The molecule has 4 aromatic rings. The molecular weight excluding hydrogens is 357 g/mol. The fraction of sp³-hybridized carbons (Fsp3) is 0.190. The van der Waals surface area contributed by atoms with E-state index in [0.717, 1.165) is 5.56 Å². The van der Waals surface area contributed by atoms with Crippen LogP contribution in [0.25, 0.3) is 33.1 Å². The first kappa shape index (κ1) is 17.7. The van der Waals surface area contributed by atoms with Gasteiger partial charge in [-0.1, -0.05) is 25.8 Å². The third-order valence-corrected chi connectivity index (χ3v) is 4.53. The van der Waals surface area contributed by atoms with Gasteiger partial charge in [0.15, 0.2) is 0 Å². The molecular formula is C21H18FN5O. The lowest BCUT2D eigenvalue weighted by Gasteiger charge is -2.12. The van der Waals surface area contributed by atoms with E-state index in [9.17, 15) is 9.18 Å². The molecule has 0 amide bonds. The van der Waals surface area contributed by atoms with Crippen LogP contribution in [-0.4, -0.2) is 20.2 Å². The Morgan fingerprint density at radius 3 is 2.82 bits per heavy atom. The van der Waals surface area contributed by atoms with Gasteiger partial charge in [0.1, 0.15) is 22.7 Å². The van der Waals surface area contributed by atoms with E-state index in [1.165, 1.54) is 12.3 Å². The van der Waals surface area contributed by atoms with Gasteiger partial charge < -0.3 is 10.7 Å². The number of hydrogen-bond donors (Lipinski definition) is 3. The van der Waals surface area contributed by atoms with Gasteiger partial charge in [0.25, 0.3) is 5.56 Å². The summed E-state index contributed by atoms with van der Waals surface area (Å²) < 4.78 is 14.1. The third kappa shape index (κ3) is 2.79. The van der Waals surface area contributed by atoms with Crippen LogP contribution in [0.5, 0.6) is 0 Å². The van der Waals surface area contributed by atoms with E-state index in [1.807, 2.05) is 26.8 Å². The summed E-state index contributed by atoms with van der Waals surface area (Å²) in [6, 6.07) is 4.72. The lowest BCUT2D eigenvalue weighted by Crippen LogP contribution is -2.14. The first-order chi connectivity index (χ1) is 13.4. The van der Waals surface area contributed by atoms with Gasteiger partial charge >= 0.3 is 0 Å². The van der Waals surface area contributed by atoms with E-state index in [-0.39, 0.29) is 17.1 Å². The zero-order chi connectivity index (χ0) is 20.0. The van der Waals surface area contributed by atoms with Gasteiger partial charge in [-0.05, 0) is 36.1 Å². The number of aromatic nitrogens is 4. The number of H-pyrrole nitrogens is 2. The summed E-state index contributed by atoms with van der Waals surface area (Å²) in [5, 5.41) is 7.09. The number of benzene rings is 1. The SMILES string of the molecule is Cc1cc2[nH]c(=O)c(N)c(-c3ccc(F)c4[nH]ncc34)c2nc1C#CC(C)C. The highest BCUT2D eigenvalue weighted by molar-refractivity contribution is 6.06. The van der Waals surface area contributed by atoms with Crippen molar-refractivity contribution in [3.63, 3.8) is 0 Å². The Morgan fingerprint density at radius 1 is 1.29 bits per heavy atom. The van der Waals surface area contributed by atoms with Crippen molar-refractivity contribution >= 4 is 27.6 Å². The van der Waals surface area contributed by atoms with Crippen LogP contribution in [0.3, 0.4) is 0 Å². The van der Waals surface area contributed by atoms with Gasteiger partial charge in [0, 0.05) is 16.9 Å². The van der Waals surface area contributed by atoms with Gasteiger partial charge in [-0.2, -0.15) is 5.10 Å². The molecule has 3 heterocycles. The Kier molecular flexibility index (Phi) is 4.12. The predicted octanol–water partition coefficient (Wildman–Crippen LogP) is 3.50. The minimum absolute atomic E-state index is 0.0146. The highest BCUT2D eigenvalue weighted by atomic mass is 19.1. The van der Waals surface area contributed by atoms with E-state index < -0.39 is 11.4 Å². The molecule has 140 valence electrons. The second kappa shape index (κ2) is 6.50. The molecule has 0 aliphatic rings. The molecule has 6 nitrogen and oxygen atoms in total. The molecule has 7 heteroatoms. The number of fused-ring (bicyclic) bond motifs is 2. The number of rotatable bonds is 1. The highest BCUT2D eigenvalue weighted by Crippen LogP contribution is 2.35. The summed E-state index contributed by atoms with van der Waals surface area (Å²) in [7, 11) is 0. The molecule has 0 radical (unpaired) electrons. The number of hydrogen-bond acceptors (Lipinski definition) is 4. The molecule has 0 aliphatic heterocycles. The molecule has 4 rings (SSSR count). The molecule has 0 unspecified atom stereocenters. The van der Waals surface area contributed by atoms with Crippen LogP contribution >= 0.6 is 0 Å². The Labute approximate surface area is 160 Å². The third-order valence-electron chi connectivity index (χ3n) is 4.53. The highest BCUT2D eigenvalue weighted by Gasteiger charge is 2.19. The maximum Gasteiger partial charge on any atom is 0.272 e. The summed E-state index contributed by atoms with van der Waals surface area (Å²) in [5.74, 6) is 5.95. The van der Waals surface area contributed by atoms with E-state index in [4.69, 9.17) is 10.7 Å². The summed E-state index contributed by atoms with van der Waals surface area (Å²) >= 11 is 0. The Morgan fingerprint density at radius 2 is 2.07 bits per heavy atom. The lowest BCUT2D eigenvalue weighted by molar-refractivity contribution is 0.636. The van der Waals surface area contributed by atoms with Gasteiger partial charge in [0.2, 0.25) is 0 Å². The number of nitrogens with zero attached hydrogens (tertiary/aromatic N) is 2. The van der Waals surface area contributed by atoms with Crippen LogP contribution < -0.4 is 11.3 Å². The second-order valence-electron chi connectivity index (χ2n) is 6.97. The normalized spacial score (nSPS) is 11.2. The Hall–Kier alpha value is -3.66. The van der Waals surface area contributed by atoms with Gasteiger partial charge in [-0.3, -0.25) is 9.89 Å². The van der Waals surface area contributed by atoms with E-state index in [2.05, 4.69) is 27.0 Å². The number of nitrogen functional groups attached to an aromatic ring is 1. The van der Waals surface area contributed by atoms with Crippen molar-refractivity contribution in [1.29, 1.82) is 0 Å². The average Bonchev–Trinajstić information content (AvgIpc) is 3.13. The zero-order valence-electron chi connectivity index (χ0n) is 15.6. The van der Waals surface area contributed by atoms with Crippen molar-refractivity contribution in [3.05, 3.63) is 51.8 Å². The second-order valence-corrected chi connectivity index (χ2v) is 6.97. The Balaban J connectivity index is 2.12. The fourth-order valence-corrected chi connectivity index (χ4v) is 3.16. The first-order valence-corrected chi connectivity index (χ1v) is 8.83. The van der Waals surface area contributed by atoms with Crippen LogP contribution in [0.2, 0.25) is 0 Å². The van der Waals surface area contributed by atoms with Crippen molar-refractivity contribution < 1.29 is 4.39 Å². The summed E-state index contributed by atoms with van der Waals surface area (Å²) in [6.07, 6.45) is 1.51. The van der Waals surface area contributed by atoms with E-state index >= 15 is 0 Å². The maximum absolute atomic E-state index is 14.1. The summed E-state index contributed by atoms with van der Waals surface area (Å²) in [5.41, 5.74) is 9.51. The Bertz CT molecular complexity index is 1350. The van der Waals surface area contributed by atoms with Crippen molar-refractivity contribution in [2.75, 3.05) is 5.73 Å². The van der Waals surface area contributed by atoms with Gasteiger partial charge in [-0.15, -0.1) is 0 Å². The summed E-state index contributed by atoms with van der Waals surface area (Å²) in [4.78, 5) is 19.9. The van der Waals surface area contributed by atoms with Crippen molar-refractivity contribution in [2.24, 2.45) is 5.92 Å². The largest absolute Gasteiger partial charge is 0.394 e. The maximum atomic E-state index is 14.1. The minimum Gasteiger partial charge on any atom is -0.394 e. The molecule has 0 saturated carbocycles. The number of nitrogens with two attached hydrogens (primary N) is 1. The lowest BCUT2D eigenvalue weighted by atomic mass is 9.98. The molecule has 0 fully saturated rings. The van der Waals surface area contributed by atoms with Crippen LogP contribution in [0.15, 0.2) is 29.2 Å². The molecule has 4 N–H and O–H groups in total. The number of aryl methyl sites for hydroxylation is 1. The first-order valence-electron chi connectivity index (χ1n) is 8.83. The number of halogens is 1. The zero-order valence-corrected chi connectivity index (χ0v) is 15.6. The molecule has 28 heavy (non-hydrogen) atoms. The number of nitrogens with one attached hydrogen (secondary N) is 2. The summed E-state index contributed by atoms with van der Waals surface area (Å²) in [6.45, 7) is 5.88. The molecule has 0 aliphatic carbocycles. The van der Waals surface area contributed by atoms with Crippen LogP contribution in [0, 0.1) is 30.5 Å². The van der Waals surface area contributed by atoms with Crippen LogP contribution in [0.4, 0.5) is 10.1 Å². The number of aromatic amines is 2.